The normalized spacial score (nSPS) is 27.2. The Morgan fingerprint density at radius 1 is 1.39 bits per heavy atom. The zero-order valence-corrected chi connectivity index (χ0v) is 11.1. The highest BCUT2D eigenvalue weighted by atomic mass is 16.4. The second-order valence-electron chi connectivity index (χ2n) is 5.32. The van der Waals surface area contributed by atoms with Gasteiger partial charge in [-0.2, -0.15) is 0 Å². The molecule has 0 aromatic carbocycles. The second kappa shape index (κ2) is 4.96. The molecule has 3 unspecified atom stereocenters. The molecule has 0 aliphatic heterocycles. The van der Waals surface area contributed by atoms with Gasteiger partial charge in [-0.1, -0.05) is 13.8 Å². The summed E-state index contributed by atoms with van der Waals surface area (Å²) in [5.41, 5.74) is 1.09. The van der Waals surface area contributed by atoms with Crippen LogP contribution in [0.2, 0.25) is 0 Å². The first kappa shape index (κ1) is 12.9. The minimum atomic E-state index is -0.927. The third kappa shape index (κ3) is 2.47. The van der Waals surface area contributed by atoms with Crippen LogP contribution in [0, 0.1) is 18.8 Å². The van der Waals surface area contributed by atoms with Crippen molar-refractivity contribution >= 4 is 11.8 Å². The van der Waals surface area contributed by atoms with Crippen molar-refractivity contribution in [1.29, 1.82) is 0 Å². The minimum absolute atomic E-state index is 0.257. The number of hydrogen-bond acceptors (Lipinski definition) is 3. The summed E-state index contributed by atoms with van der Waals surface area (Å²) < 4.78 is 0. The molecule has 1 heterocycles. The molecule has 4 nitrogen and oxygen atoms in total. The van der Waals surface area contributed by atoms with Gasteiger partial charge in [0, 0.05) is 11.7 Å². The van der Waals surface area contributed by atoms with E-state index in [0.29, 0.717) is 23.7 Å². The molecule has 2 rings (SSSR count). The lowest BCUT2D eigenvalue weighted by molar-refractivity contribution is 0.0697. The number of carboxylic acids is 1. The van der Waals surface area contributed by atoms with Gasteiger partial charge in [0.2, 0.25) is 0 Å². The van der Waals surface area contributed by atoms with Gasteiger partial charge in [0.05, 0.1) is 0 Å². The number of aromatic carboxylic acids is 1. The number of rotatable bonds is 3. The van der Waals surface area contributed by atoms with Crippen molar-refractivity contribution in [1.82, 2.24) is 4.98 Å². The Bertz CT molecular complexity index is 459. The van der Waals surface area contributed by atoms with Crippen molar-refractivity contribution < 1.29 is 9.90 Å². The average Bonchev–Trinajstić information content (AvgIpc) is 2.61. The van der Waals surface area contributed by atoms with Crippen molar-refractivity contribution in [2.45, 2.75) is 39.7 Å². The van der Waals surface area contributed by atoms with Gasteiger partial charge in [-0.3, -0.25) is 0 Å². The van der Waals surface area contributed by atoms with Crippen LogP contribution >= 0.6 is 0 Å². The highest BCUT2D eigenvalue weighted by Gasteiger charge is 2.30. The summed E-state index contributed by atoms with van der Waals surface area (Å²) in [5.74, 6) is 0.812. The number of carbonyl (C=O) groups is 1. The predicted molar refractivity (Wildman–Crippen MR) is 70.9 cm³/mol. The fourth-order valence-corrected chi connectivity index (χ4v) is 2.58. The van der Waals surface area contributed by atoms with Crippen LogP contribution in [0.25, 0.3) is 0 Å². The number of nitrogens with zero attached hydrogens (tertiary/aromatic N) is 1. The molecule has 98 valence electrons. The van der Waals surface area contributed by atoms with Gasteiger partial charge in [-0.15, -0.1) is 0 Å². The molecule has 2 N–H and O–H groups in total. The van der Waals surface area contributed by atoms with Crippen LogP contribution in [-0.4, -0.2) is 22.1 Å². The molecule has 1 aliphatic rings. The van der Waals surface area contributed by atoms with Gasteiger partial charge < -0.3 is 10.4 Å². The maximum absolute atomic E-state index is 11.2. The third-order valence-corrected chi connectivity index (χ3v) is 4.05. The number of nitrogens with one attached hydrogen (secondary N) is 1. The lowest BCUT2D eigenvalue weighted by atomic mass is 9.98. The standard InChI is InChI=1S/C14H20N2O2/c1-8-4-7-12(10(8)3)16-13-11(14(17)18)6-5-9(2)15-13/h5-6,8,10,12H,4,7H2,1-3H3,(H,15,16)(H,17,18). The van der Waals surface area contributed by atoms with E-state index in [-0.39, 0.29) is 5.56 Å². The summed E-state index contributed by atoms with van der Waals surface area (Å²) in [6.45, 7) is 6.33. The first-order chi connectivity index (χ1) is 8.49. The van der Waals surface area contributed by atoms with Crippen molar-refractivity contribution in [3.05, 3.63) is 23.4 Å². The molecule has 0 saturated heterocycles. The highest BCUT2D eigenvalue weighted by molar-refractivity contribution is 5.93. The van der Waals surface area contributed by atoms with Crippen LogP contribution in [0.4, 0.5) is 5.82 Å². The molecule has 0 bridgehead atoms. The van der Waals surface area contributed by atoms with Crippen LogP contribution in [0.5, 0.6) is 0 Å². The summed E-state index contributed by atoms with van der Waals surface area (Å²) in [4.78, 5) is 15.5. The van der Waals surface area contributed by atoms with Gasteiger partial charge in [0.25, 0.3) is 0 Å². The highest BCUT2D eigenvalue weighted by Crippen LogP contribution is 2.33. The smallest absolute Gasteiger partial charge is 0.339 e. The summed E-state index contributed by atoms with van der Waals surface area (Å²) in [7, 11) is 0. The molecule has 1 aromatic heterocycles. The molecular weight excluding hydrogens is 228 g/mol. The molecule has 0 spiro atoms. The van der Waals surface area contributed by atoms with Crippen molar-refractivity contribution in [2.24, 2.45) is 11.8 Å². The van der Waals surface area contributed by atoms with Gasteiger partial charge in [0.15, 0.2) is 0 Å². The van der Waals surface area contributed by atoms with Crippen molar-refractivity contribution in [3.63, 3.8) is 0 Å². The van der Waals surface area contributed by atoms with E-state index in [1.807, 2.05) is 6.92 Å². The summed E-state index contributed by atoms with van der Waals surface area (Å²) in [5, 5.41) is 12.5. The molecular formula is C14H20N2O2. The zero-order valence-electron chi connectivity index (χ0n) is 11.1. The van der Waals surface area contributed by atoms with E-state index in [2.05, 4.69) is 24.1 Å². The van der Waals surface area contributed by atoms with Crippen LogP contribution in [0.15, 0.2) is 12.1 Å². The molecule has 1 fully saturated rings. The largest absolute Gasteiger partial charge is 0.478 e. The van der Waals surface area contributed by atoms with E-state index in [1.54, 1.807) is 12.1 Å². The number of hydrogen-bond donors (Lipinski definition) is 2. The van der Waals surface area contributed by atoms with Crippen LogP contribution in [0.1, 0.15) is 42.7 Å². The molecule has 0 amide bonds. The third-order valence-electron chi connectivity index (χ3n) is 4.05. The fraction of sp³-hybridized carbons (Fsp3) is 0.571. The first-order valence-electron chi connectivity index (χ1n) is 6.46. The number of anilines is 1. The first-order valence-corrected chi connectivity index (χ1v) is 6.46. The Morgan fingerprint density at radius 2 is 2.11 bits per heavy atom. The summed E-state index contributed by atoms with van der Waals surface area (Å²) >= 11 is 0. The summed E-state index contributed by atoms with van der Waals surface area (Å²) in [6.07, 6.45) is 2.27. The molecule has 0 radical (unpaired) electrons. The number of aromatic nitrogens is 1. The van der Waals surface area contributed by atoms with Crippen LogP contribution < -0.4 is 5.32 Å². The summed E-state index contributed by atoms with van der Waals surface area (Å²) in [6, 6.07) is 3.68. The maximum atomic E-state index is 11.2. The maximum Gasteiger partial charge on any atom is 0.339 e. The van der Waals surface area contributed by atoms with E-state index in [1.165, 1.54) is 6.42 Å². The Labute approximate surface area is 107 Å². The van der Waals surface area contributed by atoms with Crippen molar-refractivity contribution in [3.8, 4) is 0 Å². The predicted octanol–water partition coefficient (Wildman–Crippen LogP) is 2.93. The lowest BCUT2D eigenvalue weighted by Crippen LogP contribution is -2.26. The fourth-order valence-electron chi connectivity index (χ4n) is 2.58. The molecule has 4 heteroatoms. The Kier molecular flexibility index (Phi) is 3.55. The van der Waals surface area contributed by atoms with E-state index >= 15 is 0 Å². The van der Waals surface area contributed by atoms with Gasteiger partial charge >= 0.3 is 5.97 Å². The Balaban J connectivity index is 2.23. The Hall–Kier alpha value is -1.58. The van der Waals surface area contributed by atoms with Gasteiger partial charge in [-0.25, -0.2) is 9.78 Å². The average molecular weight is 248 g/mol. The van der Waals surface area contributed by atoms with Crippen LogP contribution in [-0.2, 0) is 0 Å². The SMILES string of the molecule is Cc1ccc(C(=O)O)c(NC2CCC(C)C2C)n1. The minimum Gasteiger partial charge on any atom is -0.478 e. The molecule has 3 atom stereocenters. The second-order valence-corrected chi connectivity index (χ2v) is 5.32. The molecule has 1 saturated carbocycles. The molecule has 1 aromatic rings. The molecule has 1 aliphatic carbocycles. The van der Waals surface area contributed by atoms with Gasteiger partial charge in [-0.05, 0) is 43.7 Å². The molecule has 18 heavy (non-hydrogen) atoms. The van der Waals surface area contributed by atoms with E-state index in [4.69, 9.17) is 5.11 Å². The quantitative estimate of drug-likeness (QED) is 0.863. The van der Waals surface area contributed by atoms with E-state index < -0.39 is 5.97 Å². The number of carboxylic acid groups (broad SMARTS) is 1. The van der Waals surface area contributed by atoms with E-state index in [9.17, 15) is 4.79 Å². The zero-order chi connectivity index (χ0) is 13.3. The van der Waals surface area contributed by atoms with E-state index in [0.717, 1.165) is 12.1 Å². The Morgan fingerprint density at radius 3 is 2.67 bits per heavy atom. The lowest BCUT2D eigenvalue weighted by Gasteiger charge is -2.21. The van der Waals surface area contributed by atoms with Crippen LogP contribution in [0.3, 0.4) is 0 Å². The van der Waals surface area contributed by atoms with Crippen molar-refractivity contribution in [2.75, 3.05) is 5.32 Å². The monoisotopic (exact) mass is 248 g/mol. The van der Waals surface area contributed by atoms with Gasteiger partial charge in [0.1, 0.15) is 11.4 Å². The number of aryl methyl sites for hydroxylation is 1. The topological polar surface area (TPSA) is 62.2 Å². The number of pyridine rings is 1.